The number of aryl methyl sites for hydroxylation is 1. The number of alkyl halides is 2. The number of anilines is 2. The van der Waals surface area contributed by atoms with E-state index in [9.17, 15) is 18.3 Å². The van der Waals surface area contributed by atoms with Crippen LogP contribution in [0.3, 0.4) is 0 Å². The van der Waals surface area contributed by atoms with Gasteiger partial charge in [-0.25, -0.2) is 4.39 Å². The molecule has 3 N–H and O–H groups in total. The molecule has 1 saturated heterocycles. The zero-order chi connectivity index (χ0) is 22.3. The number of nitrogens with one attached hydrogen (secondary N) is 1. The van der Waals surface area contributed by atoms with Gasteiger partial charge in [0.2, 0.25) is 0 Å². The van der Waals surface area contributed by atoms with E-state index >= 15 is 0 Å². The predicted octanol–water partition coefficient (Wildman–Crippen LogP) is 2.91. The number of halogens is 3. The van der Waals surface area contributed by atoms with Gasteiger partial charge in [-0.2, -0.15) is 13.9 Å². The first kappa shape index (κ1) is 21.3. The maximum absolute atomic E-state index is 14.8. The van der Waals surface area contributed by atoms with Crippen LogP contribution in [0.5, 0.6) is 0 Å². The van der Waals surface area contributed by atoms with Crippen molar-refractivity contribution in [3.05, 3.63) is 53.1 Å². The Morgan fingerprint density at radius 2 is 2.03 bits per heavy atom. The molecule has 1 fully saturated rings. The fourth-order valence-corrected chi connectivity index (χ4v) is 3.63. The second-order valence-corrected chi connectivity index (χ2v) is 7.72. The molecular formula is C21H22F3N5O2. The van der Waals surface area contributed by atoms with Gasteiger partial charge < -0.3 is 20.4 Å². The molecule has 164 valence electrons. The lowest BCUT2D eigenvalue weighted by atomic mass is 10.00. The third-order valence-electron chi connectivity index (χ3n) is 5.44. The molecule has 2 aromatic heterocycles. The maximum Gasteiger partial charge on any atom is 0.298 e. The van der Waals surface area contributed by atoms with Crippen LogP contribution in [0.4, 0.5) is 24.7 Å². The third kappa shape index (κ3) is 3.88. The molecule has 0 aliphatic carbocycles. The van der Waals surface area contributed by atoms with Gasteiger partial charge >= 0.3 is 0 Å². The van der Waals surface area contributed by atoms with Crippen LogP contribution in [0.25, 0.3) is 10.9 Å². The molecule has 0 spiro atoms. The standard InChI is InChI=1S/C21H22F3N5O2/c1-11(15-4-3-5-17(18(15)22)21(23,24)10-30)26-20-16-6-13(29-8-14(31)9-29)7-25-19(16)12(2)27-28-20/h3-7,11,14,30-31H,8-10H2,1-2H3,(H,26,28)/t11-/m1/s1. The Balaban J connectivity index is 1.69. The number of aliphatic hydroxyl groups excluding tert-OH is 2. The molecule has 1 atom stereocenters. The number of aliphatic hydroxyl groups is 2. The summed E-state index contributed by atoms with van der Waals surface area (Å²) in [7, 11) is 0. The van der Waals surface area contributed by atoms with Gasteiger partial charge in [-0.15, -0.1) is 5.10 Å². The molecule has 3 aromatic rings. The highest BCUT2D eigenvalue weighted by Crippen LogP contribution is 2.34. The van der Waals surface area contributed by atoms with Crippen LogP contribution in [0.2, 0.25) is 0 Å². The number of fused-ring (bicyclic) bond motifs is 1. The molecule has 10 heteroatoms. The number of aromatic nitrogens is 3. The van der Waals surface area contributed by atoms with Crippen LogP contribution in [0.1, 0.15) is 29.8 Å². The molecule has 31 heavy (non-hydrogen) atoms. The fourth-order valence-electron chi connectivity index (χ4n) is 3.63. The zero-order valence-corrected chi connectivity index (χ0v) is 17.0. The van der Waals surface area contributed by atoms with E-state index < -0.39 is 30.0 Å². The van der Waals surface area contributed by atoms with Crippen LogP contribution in [-0.4, -0.2) is 51.2 Å². The third-order valence-corrected chi connectivity index (χ3v) is 5.44. The van der Waals surface area contributed by atoms with Gasteiger partial charge in [0.25, 0.3) is 5.92 Å². The summed E-state index contributed by atoms with van der Waals surface area (Å²) in [5, 5.41) is 30.4. The first-order valence-corrected chi connectivity index (χ1v) is 9.81. The Hall–Kier alpha value is -2.98. The van der Waals surface area contributed by atoms with Crippen molar-refractivity contribution in [2.45, 2.75) is 31.9 Å². The minimum Gasteiger partial charge on any atom is -0.390 e. The normalized spacial score (nSPS) is 15.8. The predicted molar refractivity (Wildman–Crippen MR) is 110 cm³/mol. The van der Waals surface area contributed by atoms with E-state index in [2.05, 4.69) is 20.5 Å². The minimum atomic E-state index is -3.68. The topological polar surface area (TPSA) is 94.4 Å². The summed E-state index contributed by atoms with van der Waals surface area (Å²) in [6.07, 6.45) is 1.31. The molecule has 0 amide bonds. The summed E-state index contributed by atoms with van der Waals surface area (Å²) in [5.74, 6) is -4.43. The van der Waals surface area contributed by atoms with E-state index in [0.29, 0.717) is 35.5 Å². The lowest BCUT2D eigenvalue weighted by Gasteiger charge is -2.37. The van der Waals surface area contributed by atoms with E-state index in [0.717, 1.165) is 11.8 Å². The maximum atomic E-state index is 14.8. The Morgan fingerprint density at radius 3 is 2.71 bits per heavy atom. The van der Waals surface area contributed by atoms with Crippen LogP contribution in [0.15, 0.2) is 30.5 Å². The molecule has 0 radical (unpaired) electrons. The van der Waals surface area contributed by atoms with Crippen LogP contribution in [0, 0.1) is 12.7 Å². The summed E-state index contributed by atoms with van der Waals surface area (Å²) in [4.78, 5) is 6.42. The number of hydrogen-bond acceptors (Lipinski definition) is 7. The van der Waals surface area contributed by atoms with Crippen molar-refractivity contribution in [2.24, 2.45) is 0 Å². The van der Waals surface area contributed by atoms with Gasteiger partial charge in [0.15, 0.2) is 5.82 Å². The number of nitrogens with zero attached hydrogens (tertiary/aromatic N) is 4. The van der Waals surface area contributed by atoms with E-state index in [1.165, 1.54) is 12.1 Å². The molecule has 1 aliphatic heterocycles. The first-order valence-electron chi connectivity index (χ1n) is 9.81. The van der Waals surface area contributed by atoms with Crippen molar-refractivity contribution < 1.29 is 23.4 Å². The van der Waals surface area contributed by atoms with Gasteiger partial charge in [0, 0.05) is 24.0 Å². The summed E-state index contributed by atoms with van der Waals surface area (Å²) in [6.45, 7) is 2.91. The summed E-state index contributed by atoms with van der Waals surface area (Å²) >= 11 is 0. The average Bonchev–Trinajstić information content (AvgIpc) is 2.73. The minimum absolute atomic E-state index is 0.0103. The molecule has 4 rings (SSSR count). The molecule has 7 nitrogen and oxygen atoms in total. The van der Waals surface area contributed by atoms with E-state index in [1.807, 2.05) is 11.0 Å². The smallest absolute Gasteiger partial charge is 0.298 e. The quantitative estimate of drug-likeness (QED) is 0.550. The summed E-state index contributed by atoms with van der Waals surface area (Å²) in [6, 6.07) is 4.82. The number of rotatable bonds is 6. The Morgan fingerprint density at radius 1 is 1.29 bits per heavy atom. The Labute approximate surface area is 176 Å². The van der Waals surface area contributed by atoms with Crippen LogP contribution in [-0.2, 0) is 5.92 Å². The van der Waals surface area contributed by atoms with Crippen molar-refractivity contribution in [3.8, 4) is 0 Å². The molecule has 0 bridgehead atoms. The molecule has 0 unspecified atom stereocenters. The van der Waals surface area contributed by atoms with Crippen molar-refractivity contribution in [1.29, 1.82) is 0 Å². The van der Waals surface area contributed by atoms with Crippen LogP contribution >= 0.6 is 0 Å². The number of hydrogen-bond donors (Lipinski definition) is 3. The van der Waals surface area contributed by atoms with Gasteiger partial charge in [-0.1, -0.05) is 12.1 Å². The average molecular weight is 433 g/mol. The van der Waals surface area contributed by atoms with Gasteiger partial charge in [0.1, 0.15) is 12.4 Å². The molecular weight excluding hydrogens is 411 g/mol. The van der Waals surface area contributed by atoms with Crippen molar-refractivity contribution in [1.82, 2.24) is 15.2 Å². The lowest BCUT2D eigenvalue weighted by molar-refractivity contribution is -0.0583. The second kappa shape index (κ2) is 7.93. The number of β-amino-alcohol motifs (C(OH)–C–C–N with tert-alkyl or cyclic N) is 1. The van der Waals surface area contributed by atoms with Gasteiger partial charge in [-0.3, -0.25) is 4.98 Å². The molecule has 1 aromatic carbocycles. The van der Waals surface area contributed by atoms with Gasteiger partial charge in [-0.05, 0) is 26.0 Å². The van der Waals surface area contributed by atoms with Crippen LogP contribution < -0.4 is 10.2 Å². The highest BCUT2D eigenvalue weighted by atomic mass is 19.3. The summed E-state index contributed by atoms with van der Waals surface area (Å²) in [5.41, 5.74) is 1.17. The Kier molecular flexibility index (Phi) is 5.44. The number of benzene rings is 1. The zero-order valence-electron chi connectivity index (χ0n) is 17.0. The van der Waals surface area contributed by atoms with Crippen molar-refractivity contribution in [2.75, 3.05) is 29.9 Å². The fraction of sp³-hybridized carbons (Fsp3) is 0.381. The highest BCUT2D eigenvalue weighted by Gasteiger charge is 2.35. The highest BCUT2D eigenvalue weighted by molar-refractivity contribution is 5.92. The summed E-state index contributed by atoms with van der Waals surface area (Å²) < 4.78 is 42.6. The van der Waals surface area contributed by atoms with E-state index in [1.54, 1.807) is 20.0 Å². The molecule has 3 heterocycles. The second-order valence-electron chi connectivity index (χ2n) is 7.72. The Bertz CT molecular complexity index is 1120. The SMILES string of the molecule is Cc1nnc(N[C@H](C)c2cccc(C(F)(F)CO)c2F)c2cc(N3CC(O)C3)cnc12. The van der Waals surface area contributed by atoms with Crippen molar-refractivity contribution >= 4 is 22.4 Å². The van der Waals surface area contributed by atoms with Gasteiger partial charge in [0.05, 0.1) is 40.8 Å². The van der Waals surface area contributed by atoms with E-state index in [4.69, 9.17) is 5.11 Å². The monoisotopic (exact) mass is 433 g/mol. The lowest BCUT2D eigenvalue weighted by Crippen LogP contribution is -2.50. The number of pyridine rings is 1. The van der Waals surface area contributed by atoms with Crippen molar-refractivity contribution in [3.63, 3.8) is 0 Å². The molecule has 1 aliphatic rings. The van der Waals surface area contributed by atoms with E-state index in [-0.39, 0.29) is 11.7 Å². The first-order chi connectivity index (χ1) is 14.7. The molecule has 0 saturated carbocycles. The largest absolute Gasteiger partial charge is 0.390 e.